The SMILES string of the molecule is C=CC(=O)OCCCc1ccc2c(c1)O[C@@](C)(O)C(c1ccc(OC(=O)C=C)cc1)=C2. The van der Waals surface area contributed by atoms with Gasteiger partial charge in [-0.25, -0.2) is 9.59 Å². The highest BCUT2D eigenvalue weighted by Gasteiger charge is 2.33. The van der Waals surface area contributed by atoms with Crippen molar-refractivity contribution >= 4 is 23.6 Å². The van der Waals surface area contributed by atoms with Gasteiger partial charge in [0.05, 0.1) is 6.61 Å². The van der Waals surface area contributed by atoms with Crippen LogP contribution in [-0.4, -0.2) is 29.4 Å². The van der Waals surface area contributed by atoms with E-state index < -0.39 is 17.7 Å². The molecule has 0 aromatic heterocycles. The molecule has 1 atom stereocenters. The molecule has 31 heavy (non-hydrogen) atoms. The van der Waals surface area contributed by atoms with Crippen LogP contribution >= 0.6 is 0 Å². The van der Waals surface area contributed by atoms with Crippen molar-refractivity contribution in [3.8, 4) is 11.5 Å². The first kappa shape index (κ1) is 22.1. The summed E-state index contributed by atoms with van der Waals surface area (Å²) in [6.45, 7) is 8.62. The summed E-state index contributed by atoms with van der Waals surface area (Å²) < 4.78 is 16.0. The Morgan fingerprint density at radius 1 is 1.10 bits per heavy atom. The first-order valence-electron chi connectivity index (χ1n) is 9.83. The van der Waals surface area contributed by atoms with Crippen molar-refractivity contribution < 1.29 is 28.9 Å². The molecule has 0 saturated heterocycles. The highest BCUT2D eigenvalue weighted by Crippen LogP contribution is 2.40. The van der Waals surface area contributed by atoms with Crippen molar-refractivity contribution in [2.45, 2.75) is 25.6 Å². The molecule has 2 aromatic rings. The zero-order valence-corrected chi connectivity index (χ0v) is 17.3. The first-order valence-corrected chi connectivity index (χ1v) is 9.83. The Bertz CT molecular complexity index is 1030. The van der Waals surface area contributed by atoms with Gasteiger partial charge in [0.15, 0.2) is 0 Å². The van der Waals surface area contributed by atoms with Gasteiger partial charge in [-0.05, 0) is 48.2 Å². The van der Waals surface area contributed by atoms with Gasteiger partial charge in [0.25, 0.3) is 0 Å². The predicted octanol–water partition coefficient (Wildman–Crippen LogP) is 4.08. The number of carbonyl (C=O) groups excluding carboxylic acids is 2. The van der Waals surface area contributed by atoms with Gasteiger partial charge in [0.2, 0.25) is 5.79 Å². The fourth-order valence-corrected chi connectivity index (χ4v) is 3.22. The van der Waals surface area contributed by atoms with E-state index in [9.17, 15) is 14.7 Å². The second kappa shape index (κ2) is 9.45. The van der Waals surface area contributed by atoms with Crippen molar-refractivity contribution in [2.75, 3.05) is 6.61 Å². The van der Waals surface area contributed by atoms with E-state index in [0.29, 0.717) is 36.5 Å². The molecule has 6 heteroatoms. The molecule has 1 aliphatic heterocycles. The quantitative estimate of drug-likeness (QED) is 0.300. The van der Waals surface area contributed by atoms with Crippen LogP contribution in [0.5, 0.6) is 11.5 Å². The molecule has 160 valence electrons. The number of ether oxygens (including phenoxy) is 3. The Morgan fingerprint density at radius 3 is 2.48 bits per heavy atom. The van der Waals surface area contributed by atoms with E-state index >= 15 is 0 Å². The largest absolute Gasteiger partial charge is 0.463 e. The predicted molar refractivity (Wildman–Crippen MR) is 117 cm³/mol. The molecular formula is C25H24O6. The second-order valence-electron chi connectivity index (χ2n) is 7.14. The monoisotopic (exact) mass is 420 g/mol. The van der Waals surface area contributed by atoms with Crippen LogP contribution in [-0.2, 0) is 20.7 Å². The average Bonchev–Trinajstić information content (AvgIpc) is 2.76. The molecule has 1 aliphatic rings. The summed E-state index contributed by atoms with van der Waals surface area (Å²) in [5.41, 5.74) is 3.17. The number of fused-ring (bicyclic) bond motifs is 1. The fraction of sp³-hybridized carbons (Fsp3) is 0.200. The third kappa shape index (κ3) is 5.49. The Labute approximate surface area is 181 Å². The van der Waals surface area contributed by atoms with Gasteiger partial charge >= 0.3 is 11.9 Å². The van der Waals surface area contributed by atoms with Crippen LogP contribution in [0.15, 0.2) is 67.8 Å². The van der Waals surface area contributed by atoms with E-state index in [1.807, 2.05) is 24.3 Å². The molecule has 6 nitrogen and oxygen atoms in total. The van der Waals surface area contributed by atoms with Gasteiger partial charge in [-0.3, -0.25) is 0 Å². The maximum atomic E-state index is 11.3. The summed E-state index contributed by atoms with van der Waals surface area (Å²) in [7, 11) is 0. The highest BCUT2D eigenvalue weighted by atomic mass is 16.6. The maximum absolute atomic E-state index is 11.3. The Balaban J connectivity index is 1.75. The summed E-state index contributed by atoms with van der Waals surface area (Å²) in [6, 6.07) is 12.6. The molecular weight excluding hydrogens is 396 g/mol. The van der Waals surface area contributed by atoms with E-state index in [0.717, 1.165) is 28.8 Å². The lowest BCUT2D eigenvalue weighted by atomic mass is 9.92. The lowest BCUT2D eigenvalue weighted by molar-refractivity contribution is -0.137. The third-order valence-electron chi connectivity index (χ3n) is 4.76. The van der Waals surface area contributed by atoms with Gasteiger partial charge in [0.1, 0.15) is 11.5 Å². The Kier molecular flexibility index (Phi) is 6.72. The van der Waals surface area contributed by atoms with Crippen LogP contribution in [0, 0.1) is 0 Å². The lowest BCUT2D eigenvalue weighted by Crippen LogP contribution is -2.35. The maximum Gasteiger partial charge on any atom is 0.335 e. The molecule has 0 radical (unpaired) electrons. The zero-order chi connectivity index (χ0) is 22.4. The topological polar surface area (TPSA) is 82.1 Å². The van der Waals surface area contributed by atoms with Crippen LogP contribution < -0.4 is 9.47 Å². The highest BCUT2D eigenvalue weighted by molar-refractivity contribution is 5.89. The van der Waals surface area contributed by atoms with Crippen LogP contribution in [0.2, 0.25) is 0 Å². The molecule has 0 bridgehead atoms. The van der Waals surface area contributed by atoms with Gasteiger partial charge in [-0.1, -0.05) is 37.4 Å². The molecule has 1 heterocycles. The standard InChI is InChI=1S/C25H24O6/c1-4-23(26)29-14-6-7-17-8-9-19-16-21(25(3,28)31-22(19)15-17)18-10-12-20(13-11-18)30-24(27)5-2/h4-5,8-13,15-16,28H,1-2,6-7,14H2,3H3/t25-/m1/s1. The van der Waals surface area contributed by atoms with E-state index in [4.69, 9.17) is 14.2 Å². The number of benzene rings is 2. The van der Waals surface area contributed by atoms with Gasteiger partial charge in [-0.15, -0.1) is 0 Å². The fourth-order valence-electron chi connectivity index (χ4n) is 3.22. The number of hydrogen-bond acceptors (Lipinski definition) is 6. The van der Waals surface area contributed by atoms with Crippen LogP contribution in [0.1, 0.15) is 30.0 Å². The Hall–Kier alpha value is -3.64. The van der Waals surface area contributed by atoms with Crippen molar-refractivity contribution in [2.24, 2.45) is 0 Å². The Morgan fingerprint density at radius 2 is 1.81 bits per heavy atom. The van der Waals surface area contributed by atoms with E-state index in [2.05, 4.69) is 13.2 Å². The van der Waals surface area contributed by atoms with Crippen LogP contribution in [0.3, 0.4) is 0 Å². The summed E-state index contributed by atoms with van der Waals surface area (Å²) >= 11 is 0. The summed E-state index contributed by atoms with van der Waals surface area (Å²) in [5.74, 6) is -1.55. The number of hydrogen-bond donors (Lipinski definition) is 1. The molecule has 3 rings (SSSR count). The number of carbonyl (C=O) groups is 2. The molecule has 0 aliphatic carbocycles. The summed E-state index contributed by atoms with van der Waals surface area (Å²) in [6.07, 6.45) is 5.47. The van der Waals surface area contributed by atoms with Crippen molar-refractivity contribution in [1.29, 1.82) is 0 Å². The normalized spacial score (nSPS) is 16.9. The van der Waals surface area contributed by atoms with Gasteiger partial charge in [-0.2, -0.15) is 0 Å². The molecule has 0 spiro atoms. The van der Waals surface area contributed by atoms with Crippen LogP contribution in [0.25, 0.3) is 11.6 Å². The van der Waals surface area contributed by atoms with Gasteiger partial charge < -0.3 is 19.3 Å². The molecule has 0 saturated carbocycles. The summed E-state index contributed by atoms with van der Waals surface area (Å²) in [5, 5.41) is 10.9. The summed E-state index contributed by atoms with van der Waals surface area (Å²) in [4.78, 5) is 22.4. The molecule has 0 amide bonds. The number of rotatable bonds is 8. The minimum Gasteiger partial charge on any atom is -0.463 e. The van der Waals surface area contributed by atoms with Gasteiger partial charge in [0, 0.05) is 30.2 Å². The average molecular weight is 420 g/mol. The smallest absolute Gasteiger partial charge is 0.335 e. The molecule has 0 unspecified atom stereocenters. The second-order valence-corrected chi connectivity index (χ2v) is 7.14. The number of aliphatic hydroxyl groups is 1. The minimum absolute atomic E-state index is 0.308. The lowest BCUT2D eigenvalue weighted by Gasteiger charge is -2.32. The number of aryl methyl sites for hydroxylation is 1. The van der Waals surface area contributed by atoms with E-state index in [1.165, 1.54) is 0 Å². The van der Waals surface area contributed by atoms with E-state index in [1.54, 1.807) is 31.2 Å². The molecule has 1 N–H and O–H groups in total. The molecule has 2 aromatic carbocycles. The van der Waals surface area contributed by atoms with Crippen molar-refractivity contribution in [3.05, 3.63) is 84.5 Å². The van der Waals surface area contributed by atoms with Crippen LogP contribution in [0.4, 0.5) is 0 Å². The van der Waals surface area contributed by atoms with Crippen molar-refractivity contribution in [3.63, 3.8) is 0 Å². The zero-order valence-electron chi connectivity index (χ0n) is 17.3. The van der Waals surface area contributed by atoms with Crippen molar-refractivity contribution in [1.82, 2.24) is 0 Å². The number of esters is 2. The molecule has 0 fully saturated rings. The first-order chi connectivity index (χ1) is 14.8. The van der Waals surface area contributed by atoms with E-state index in [-0.39, 0.29) is 0 Å². The minimum atomic E-state index is -1.54. The third-order valence-corrected chi connectivity index (χ3v) is 4.76.